The normalized spacial score (nSPS) is 19.0. The van der Waals surface area contributed by atoms with Crippen LogP contribution in [-0.2, 0) is 16.4 Å². The minimum Gasteiger partial charge on any atom is -0.493 e. The van der Waals surface area contributed by atoms with Crippen molar-refractivity contribution in [1.82, 2.24) is 10.6 Å². The Morgan fingerprint density at radius 3 is 2.64 bits per heavy atom. The molecule has 2 N–H and O–H groups in total. The van der Waals surface area contributed by atoms with Crippen molar-refractivity contribution in [3.63, 3.8) is 0 Å². The van der Waals surface area contributed by atoms with Gasteiger partial charge in [-0.1, -0.05) is 12.1 Å². The number of para-hydroxylation sites is 1. The first-order valence-corrected chi connectivity index (χ1v) is 9.76. The highest BCUT2D eigenvalue weighted by molar-refractivity contribution is 14.0. The van der Waals surface area contributed by atoms with Gasteiger partial charge in [0.2, 0.25) is 0 Å². The van der Waals surface area contributed by atoms with E-state index in [-0.39, 0.29) is 41.5 Å². The van der Waals surface area contributed by atoms with Crippen LogP contribution in [0.2, 0.25) is 0 Å². The highest BCUT2D eigenvalue weighted by atomic mass is 127. The molecule has 0 bridgehead atoms. The summed E-state index contributed by atoms with van der Waals surface area (Å²) in [4.78, 5) is 4.54. The van der Waals surface area contributed by atoms with Gasteiger partial charge in [0.05, 0.1) is 32.3 Å². The van der Waals surface area contributed by atoms with Crippen LogP contribution in [0.1, 0.15) is 18.9 Å². The quantitative estimate of drug-likeness (QED) is 0.363. The molecule has 9 heteroatoms. The number of benzene rings is 1. The van der Waals surface area contributed by atoms with Crippen LogP contribution in [0.5, 0.6) is 11.5 Å². The first-order valence-electron chi connectivity index (χ1n) is 7.94. The Morgan fingerprint density at radius 2 is 2.08 bits per heavy atom. The third-order valence-corrected chi connectivity index (χ3v) is 5.58. The number of nitrogens with zero attached hydrogens (tertiary/aromatic N) is 1. The Balaban J connectivity index is 0.00000312. The van der Waals surface area contributed by atoms with Gasteiger partial charge >= 0.3 is 0 Å². The molecule has 142 valence electrons. The summed E-state index contributed by atoms with van der Waals surface area (Å²) >= 11 is 0. The maximum atomic E-state index is 11.6. The van der Waals surface area contributed by atoms with Gasteiger partial charge in [-0.3, -0.25) is 0 Å². The molecule has 1 aromatic rings. The Labute approximate surface area is 166 Å². The minimum atomic E-state index is -2.92. The number of guanidine groups is 1. The van der Waals surface area contributed by atoms with E-state index < -0.39 is 9.84 Å². The predicted molar refractivity (Wildman–Crippen MR) is 110 cm³/mol. The van der Waals surface area contributed by atoms with Crippen LogP contribution in [0.25, 0.3) is 0 Å². The highest BCUT2D eigenvalue weighted by Crippen LogP contribution is 2.31. The molecule has 1 saturated heterocycles. The zero-order valence-electron chi connectivity index (χ0n) is 14.7. The molecule has 0 radical (unpaired) electrons. The molecule has 1 aromatic carbocycles. The SMILES string of the molecule is CCNC(=NCc1cccc(OC)c1OC)NC1CCS(=O)(=O)C1.I. The molecule has 0 aromatic heterocycles. The lowest BCUT2D eigenvalue weighted by Gasteiger charge is -2.16. The molecular weight excluding hydrogens is 457 g/mol. The molecule has 1 aliphatic rings. The third-order valence-electron chi connectivity index (χ3n) is 3.81. The molecule has 1 unspecified atom stereocenters. The number of nitrogens with one attached hydrogen (secondary N) is 2. The molecule has 25 heavy (non-hydrogen) atoms. The van der Waals surface area contributed by atoms with Crippen LogP contribution in [0.15, 0.2) is 23.2 Å². The van der Waals surface area contributed by atoms with E-state index in [0.717, 1.165) is 5.56 Å². The molecule has 0 saturated carbocycles. The Bertz CT molecular complexity index is 695. The lowest BCUT2D eigenvalue weighted by Crippen LogP contribution is -2.44. The topological polar surface area (TPSA) is 89.0 Å². The summed E-state index contributed by atoms with van der Waals surface area (Å²) in [6, 6.07) is 5.55. The molecule has 7 nitrogen and oxygen atoms in total. The van der Waals surface area contributed by atoms with Crippen molar-refractivity contribution >= 4 is 39.8 Å². The maximum absolute atomic E-state index is 11.6. The molecule has 1 heterocycles. The average molecular weight is 483 g/mol. The van der Waals surface area contributed by atoms with Crippen LogP contribution in [0.3, 0.4) is 0 Å². The molecule has 0 spiro atoms. The highest BCUT2D eigenvalue weighted by Gasteiger charge is 2.28. The fourth-order valence-corrected chi connectivity index (χ4v) is 4.34. The Morgan fingerprint density at radius 1 is 1.32 bits per heavy atom. The molecule has 2 rings (SSSR count). The summed E-state index contributed by atoms with van der Waals surface area (Å²) < 4.78 is 33.9. The van der Waals surface area contributed by atoms with E-state index in [2.05, 4.69) is 15.6 Å². The average Bonchev–Trinajstić information content (AvgIpc) is 2.90. The van der Waals surface area contributed by atoms with E-state index in [0.29, 0.717) is 37.0 Å². The molecule has 0 amide bonds. The van der Waals surface area contributed by atoms with Crippen LogP contribution < -0.4 is 20.1 Å². The van der Waals surface area contributed by atoms with Crippen molar-refractivity contribution in [2.45, 2.75) is 25.9 Å². The lowest BCUT2D eigenvalue weighted by atomic mass is 10.2. The molecular formula is C16H26IN3O4S. The maximum Gasteiger partial charge on any atom is 0.191 e. The summed E-state index contributed by atoms with van der Waals surface area (Å²) in [5, 5.41) is 6.34. The molecule has 1 atom stereocenters. The van der Waals surface area contributed by atoms with E-state index in [1.54, 1.807) is 14.2 Å². The number of hydrogen-bond acceptors (Lipinski definition) is 5. The fourth-order valence-electron chi connectivity index (χ4n) is 2.66. The van der Waals surface area contributed by atoms with Gasteiger partial charge in [-0.25, -0.2) is 13.4 Å². The number of sulfone groups is 1. The van der Waals surface area contributed by atoms with Gasteiger partial charge in [-0.05, 0) is 19.4 Å². The third kappa shape index (κ3) is 6.21. The van der Waals surface area contributed by atoms with Crippen molar-refractivity contribution in [3.05, 3.63) is 23.8 Å². The van der Waals surface area contributed by atoms with Crippen LogP contribution in [-0.4, -0.2) is 52.7 Å². The number of ether oxygens (including phenoxy) is 2. The van der Waals surface area contributed by atoms with E-state index in [9.17, 15) is 8.42 Å². The predicted octanol–water partition coefficient (Wildman–Crippen LogP) is 1.56. The van der Waals surface area contributed by atoms with E-state index >= 15 is 0 Å². The second-order valence-electron chi connectivity index (χ2n) is 5.59. The zero-order valence-corrected chi connectivity index (χ0v) is 17.9. The van der Waals surface area contributed by atoms with Crippen LogP contribution in [0.4, 0.5) is 0 Å². The Hall–Kier alpha value is -1.23. The number of aliphatic imine (C=N–C) groups is 1. The second-order valence-corrected chi connectivity index (χ2v) is 7.82. The van der Waals surface area contributed by atoms with Gasteiger partial charge in [0.15, 0.2) is 27.3 Å². The van der Waals surface area contributed by atoms with Crippen molar-refractivity contribution < 1.29 is 17.9 Å². The number of rotatable bonds is 6. The number of halogens is 1. The monoisotopic (exact) mass is 483 g/mol. The van der Waals surface area contributed by atoms with Crippen molar-refractivity contribution in [2.75, 3.05) is 32.3 Å². The summed E-state index contributed by atoms with van der Waals surface area (Å²) in [6.07, 6.45) is 0.606. The number of hydrogen-bond donors (Lipinski definition) is 2. The summed E-state index contributed by atoms with van der Waals surface area (Å²) in [5.74, 6) is 2.30. The Kier molecular flexibility index (Phi) is 8.77. The second kappa shape index (κ2) is 10.0. The number of methoxy groups -OCH3 is 2. The van der Waals surface area contributed by atoms with Crippen molar-refractivity contribution in [1.29, 1.82) is 0 Å². The van der Waals surface area contributed by atoms with Gasteiger partial charge in [0.25, 0.3) is 0 Å². The molecule has 1 aliphatic heterocycles. The van der Waals surface area contributed by atoms with Gasteiger partial charge in [-0.2, -0.15) is 0 Å². The summed E-state index contributed by atoms with van der Waals surface area (Å²) in [7, 11) is 0.265. The van der Waals surface area contributed by atoms with Gasteiger partial charge < -0.3 is 20.1 Å². The summed E-state index contributed by atoms with van der Waals surface area (Å²) in [6.45, 7) is 3.06. The summed E-state index contributed by atoms with van der Waals surface area (Å²) in [5.41, 5.74) is 0.896. The first kappa shape index (κ1) is 21.8. The first-order chi connectivity index (χ1) is 11.5. The molecule has 1 fully saturated rings. The van der Waals surface area contributed by atoms with Crippen molar-refractivity contribution in [2.24, 2.45) is 4.99 Å². The van der Waals surface area contributed by atoms with E-state index in [1.165, 1.54) is 0 Å². The fraction of sp³-hybridized carbons (Fsp3) is 0.562. The van der Waals surface area contributed by atoms with E-state index in [4.69, 9.17) is 9.47 Å². The van der Waals surface area contributed by atoms with Crippen LogP contribution >= 0.6 is 24.0 Å². The van der Waals surface area contributed by atoms with Gasteiger partial charge in [0.1, 0.15) is 0 Å². The lowest BCUT2D eigenvalue weighted by molar-refractivity contribution is 0.352. The largest absolute Gasteiger partial charge is 0.493 e. The van der Waals surface area contributed by atoms with Crippen molar-refractivity contribution in [3.8, 4) is 11.5 Å². The van der Waals surface area contributed by atoms with Crippen LogP contribution in [0, 0.1) is 0 Å². The van der Waals surface area contributed by atoms with E-state index in [1.807, 2.05) is 25.1 Å². The zero-order chi connectivity index (χ0) is 17.6. The smallest absolute Gasteiger partial charge is 0.191 e. The van der Waals surface area contributed by atoms with Gasteiger partial charge in [0, 0.05) is 18.2 Å². The van der Waals surface area contributed by atoms with Gasteiger partial charge in [-0.15, -0.1) is 24.0 Å². The standard InChI is InChI=1S/C16H25N3O4S.HI/c1-4-17-16(19-13-8-9-24(20,21)11-13)18-10-12-6-5-7-14(22-2)15(12)23-3;/h5-7,13H,4,8-11H2,1-3H3,(H2,17,18,19);1H. The molecule has 0 aliphatic carbocycles. The minimum absolute atomic E-state index is 0.